The van der Waals surface area contributed by atoms with Crippen LogP contribution in [0.4, 0.5) is 0 Å². The van der Waals surface area contributed by atoms with Crippen LogP contribution in [0.25, 0.3) is 0 Å². The summed E-state index contributed by atoms with van der Waals surface area (Å²) in [4.78, 5) is 38.2. The van der Waals surface area contributed by atoms with Gasteiger partial charge in [-0.25, -0.2) is 0 Å². The number of esters is 3. The van der Waals surface area contributed by atoms with E-state index in [0.29, 0.717) is 19.3 Å². The molecule has 6 heteroatoms. The molecule has 0 saturated carbocycles. The molecular weight excluding hydrogens is 841 g/mol. The fraction of sp³-hybridized carbons (Fsp3) is 0.823. The normalized spacial score (nSPS) is 12.3. The maximum absolute atomic E-state index is 12.9. The van der Waals surface area contributed by atoms with Gasteiger partial charge in [0.1, 0.15) is 13.2 Å². The third kappa shape index (κ3) is 54.3. The van der Waals surface area contributed by atoms with Crippen molar-refractivity contribution in [3.05, 3.63) is 48.6 Å². The Morgan fingerprint density at radius 3 is 0.912 bits per heavy atom. The van der Waals surface area contributed by atoms with Crippen LogP contribution in [-0.4, -0.2) is 37.2 Å². The molecular formula is C62H112O6. The zero-order valence-corrected chi connectivity index (χ0v) is 45.4. The number of carbonyl (C=O) groups excluding carboxylic acids is 3. The number of carbonyl (C=O) groups is 3. The molecule has 396 valence electrons. The Morgan fingerprint density at radius 1 is 0.309 bits per heavy atom. The van der Waals surface area contributed by atoms with E-state index in [1.54, 1.807) is 0 Å². The van der Waals surface area contributed by atoms with Gasteiger partial charge in [-0.3, -0.25) is 14.4 Å². The third-order valence-corrected chi connectivity index (χ3v) is 13.1. The molecule has 0 heterocycles. The van der Waals surface area contributed by atoms with Gasteiger partial charge in [-0.15, -0.1) is 0 Å². The zero-order chi connectivity index (χ0) is 49.3. The summed E-state index contributed by atoms with van der Waals surface area (Å²) in [5.74, 6) is -0.883. The molecule has 0 N–H and O–H groups in total. The molecule has 0 aromatic rings. The molecule has 0 aromatic carbocycles. The van der Waals surface area contributed by atoms with Crippen molar-refractivity contribution in [2.24, 2.45) is 0 Å². The summed E-state index contributed by atoms with van der Waals surface area (Å²) in [6, 6.07) is 0. The minimum atomic E-state index is -0.781. The highest BCUT2D eigenvalue weighted by Crippen LogP contribution is 2.16. The molecule has 1 atom stereocenters. The molecule has 6 nitrogen and oxygen atoms in total. The molecule has 0 bridgehead atoms. The molecule has 0 spiro atoms. The minimum absolute atomic E-state index is 0.0780. The van der Waals surface area contributed by atoms with Crippen molar-refractivity contribution in [1.29, 1.82) is 0 Å². The van der Waals surface area contributed by atoms with Crippen LogP contribution in [0.2, 0.25) is 0 Å². The van der Waals surface area contributed by atoms with Crippen LogP contribution in [0.1, 0.15) is 310 Å². The molecule has 0 radical (unpaired) electrons. The van der Waals surface area contributed by atoms with Gasteiger partial charge in [0, 0.05) is 19.3 Å². The van der Waals surface area contributed by atoms with E-state index in [9.17, 15) is 14.4 Å². The van der Waals surface area contributed by atoms with Crippen molar-refractivity contribution in [3.63, 3.8) is 0 Å². The van der Waals surface area contributed by atoms with E-state index in [4.69, 9.17) is 14.2 Å². The van der Waals surface area contributed by atoms with Crippen LogP contribution in [0, 0.1) is 0 Å². The monoisotopic (exact) mass is 953 g/mol. The fourth-order valence-corrected chi connectivity index (χ4v) is 8.63. The van der Waals surface area contributed by atoms with Gasteiger partial charge in [0.2, 0.25) is 0 Å². The largest absolute Gasteiger partial charge is 0.462 e. The van der Waals surface area contributed by atoms with Crippen LogP contribution in [0.5, 0.6) is 0 Å². The molecule has 0 fully saturated rings. The quantitative estimate of drug-likeness (QED) is 0.0262. The van der Waals surface area contributed by atoms with Gasteiger partial charge < -0.3 is 14.2 Å². The van der Waals surface area contributed by atoms with Crippen molar-refractivity contribution < 1.29 is 28.6 Å². The lowest BCUT2D eigenvalue weighted by Gasteiger charge is -2.18. The summed E-state index contributed by atoms with van der Waals surface area (Å²) in [5.41, 5.74) is 0. The number of ether oxygens (including phenoxy) is 3. The lowest BCUT2D eigenvalue weighted by molar-refractivity contribution is -0.167. The lowest BCUT2D eigenvalue weighted by Crippen LogP contribution is -2.30. The van der Waals surface area contributed by atoms with Crippen molar-refractivity contribution in [2.45, 2.75) is 316 Å². The van der Waals surface area contributed by atoms with Gasteiger partial charge in [-0.1, -0.05) is 262 Å². The Morgan fingerprint density at radius 2 is 0.574 bits per heavy atom. The second-order valence-corrected chi connectivity index (χ2v) is 19.9. The molecule has 0 aliphatic heterocycles. The van der Waals surface area contributed by atoms with Crippen LogP contribution in [0.3, 0.4) is 0 Å². The van der Waals surface area contributed by atoms with Gasteiger partial charge in [0.05, 0.1) is 0 Å². The van der Waals surface area contributed by atoms with Crippen LogP contribution >= 0.6 is 0 Å². The van der Waals surface area contributed by atoms with Crippen LogP contribution in [0.15, 0.2) is 48.6 Å². The first kappa shape index (κ1) is 65.4. The standard InChI is InChI=1S/C62H112O6/c1-4-7-10-13-16-19-22-25-28-31-32-35-37-40-43-46-49-52-55-61(64)67-58-59(68-62(65)56-53-50-47-44-41-38-34-30-27-24-21-18-15-12-9-6-3)57-66-60(63)54-51-48-45-42-39-36-33-29-26-23-20-17-14-11-8-5-2/h9,12,18,21,27,30,32,35,59H,4-8,10-11,13-17,19-20,22-26,28-29,31,33-34,36-58H2,1-3H3/b12-9-,21-18-,30-27-,35-32-. The maximum Gasteiger partial charge on any atom is 0.306 e. The Balaban J connectivity index is 4.37. The first-order valence-corrected chi connectivity index (χ1v) is 29.6. The highest BCUT2D eigenvalue weighted by Gasteiger charge is 2.19. The number of rotatable bonds is 54. The summed E-state index contributed by atoms with van der Waals surface area (Å²) < 4.78 is 16.9. The second-order valence-electron chi connectivity index (χ2n) is 19.9. The zero-order valence-electron chi connectivity index (χ0n) is 45.4. The lowest BCUT2D eigenvalue weighted by atomic mass is 10.0. The van der Waals surface area contributed by atoms with Gasteiger partial charge >= 0.3 is 17.9 Å². The summed E-state index contributed by atoms with van der Waals surface area (Å²) in [5, 5.41) is 0. The van der Waals surface area contributed by atoms with Crippen molar-refractivity contribution in [1.82, 2.24) is 0 Å². The molecule has 0 rings (SSSR count). The summed E-state index contributed by atoms with van der Waals surface area (Å²) in [6.07, 6.45) is 69.6. The van der Waals surface area contributed by atoms with Gasteiger partial charge in [0.15, 0.2) is 6.10 Å². The number of allylic oxidation sites excluding steroid dienone is 8. The Hall–Kier alpha value is -2.63. The van der Waals surface area contributed by atoms with Crippen LogP contribution in [-0.2, 0) is 28.6 Å². The fourth-order valence-electron chi connectivity index (χ4n) is 8.63. The highest BCUT2D eigenvalue weighted by molar-refractivity contribution is 5.71. The van der Waals surface area contributed by atoms with Gasteiger partial charge in [-0.05, 0) is 77.0 Å². The smallest absolute Gasteiger partial charge is 0.306 e. The number of hydrogen-bond donors (Lipinski definition) is 0. The molecule has 0 amide bonds. The first-order chi connectivity index (χ1) is 33.5. The topological polar surface area (TPSA) is 78.9 Å². The van der Waals surface area contributed by atoms with Crippen molar-refractivity contribution in [2.75, 3.05) is 13.2 Å². The molecule has 0 saturated heterocycles. The minimum Gasteiger partial charge on any atom is -0.462 e. The maximum atomic E-state index is 12.9. The Kier molecular flexibility index (Phi) is 54.8. The Bertz CT molecular complexity index is 1190. The van der Waals surface area contributed by atoms with Crippen LogP contribution < -0.4 is 0 Å². The van der Waals surface area contributed by atoms with Crippen molar-refractivity contribution >= 4 is 17.9 Å². The molecule has 0 aliphatic rings. The SMILES string of the molecule is CC/C=C\C/C=C\C/C=C\CCCCCCCCC(=O)OC(COC(=O)CCCCCCC/C=C\CCCCCCCCCCC)COC(=O)CCCCCCCCCCCCCCCCCC. The van der Waals surface area contributed by atoms with E-state index in [0.717, 1.165) is 96.3 Å². The van der Waals surface area contributed by atoms with E-state index in [1.165, 1.54) is 173 Å². The summed E-state index contributed by atoms with van der Waals surface area (Å²) in [7, 11) is 0. The molecule has 0 aliphatic carbocycles. The number of unbranched alkanes of at least 4 members (excludes halogenated alkanes) is 35. The van der Waals surface area contributed by atoms with Gasteiger partial charge in [0.25, 0.3) is 0 Å². The summed E-state index contributed by atoms with van der Waals surface area (Å²) >= 11 is 0. The summed E-state index contributed by atoms with van der Waals surface area (Å²) in [6.45, 7) is 6.55. The highest BCUT2D eigenvalue weighted by atomic mass is 16.6. The second kappa shape index (κ2) is 57.0. The average Bonchev–Trinajstić information content (AvgIpc) is 3.34. The molecule has 68 heavy (non-hydrogen) atoms. The van der Waals surface area contributed by atoms with Crippen molar-refractivity contribution in [3.8, 4) is 0 Å². The average molecular weight is 954 g/mol. The Labute approximate surface area is 422 Å². The predicted molar refractivity (Wildman–Crippen MR) is 293 cm³/mol. The van der Waals surface area contributed by atoms with E-state index in [1.807, 2.05) is 0 Å². The predicted octanol–water partition coefficient (Wildman–Crippen LogP) is 19.8. The van der Waals surface area contributed by atoms with E-state index < -0.39 is 6.10 Å². The van der Waals surface area contributed by atoms with E-state index in [-0.39, 0.29) is 31.1 Å². The van der Waals surface area contributed by atoms with E-state index >= 15 is 0 Å². The third-order valence-electron chi connectivity index (χ3n) is 13.1. The molecule has 0 aromatic heterocycles. The first-order valence-electron chi connectivity index (χ1n) is 29.6. The number of hydrogen-bond acceptors (Lipinski definition) is 6. The molecule has 1 unspecified atom stereocenters. The van der Waals surface area contributed by atoms with Gasteiger partial charge in [-0.2, -0.15) is 0 Å². The van der Waals surface area contributed by atoms with E-state index in [2.05, 4.69) is 69.4 Å².